The number of nitro groups is 1. The van der Waals surface area contributed by atoms with Gasteiger partial charge in [-0.15, -0.1) is 0 Å². The molecule has 0 saturated carbocycles. The molecule has 2 aromatic rings. The van der Waals surface area contributed by atoms with Crippen LogP contribution in [-0.4, -0.2) is 30.6 Å². The molecule has 0 radical (unpaired) electrons. The number of carbonyl (C=O) groups excluding carboxylic acids is 1. The van der Waals surface area contributed by atoms with Gasteiger partial charge in [0.25, 0.3) is 11.6 Å². The van der Waals surface area contributed by atoms with Gasteiger partial charge in [-0.25, -0.2) is 0 Å². The summed E-state index contributed by atoms with van der Waals surface area (Å²) in [6.07, 6.45) is 1.59. The average Bonchev–Trinajstić information content (AvgIpc) is 2.92. The predicted octanol–water partition coefficient (Wildman–Crippen LogP) is 4.77. The summed E-state index contributed by atoms with van der Waals surface area (Å²) in [6.45, 7) is 1.70. The molecular formula is C19H16Cl2N4O3. The molecule has 7 nitrogen and oxygen atoms in total. The molecule has 0 fully saturated rings. The monoisotopic (exact) mass is 418 g/mol. The molecule has 0 bridgehead atoms. The molecule has 2 aromatic carbocycles. The molecule has 28 heavy (non-hydrogen) atoms. The number of nitrogens with zero attached hydrogens (tertiary/aromatic N) is 4. The van der Waals surface area contributed by atoms with E-state index in [9.17, 15) is 14.9 Å². The lowest BCUT2D eigenvalue weighted by molar-refractivity contribution is -0.384. The maximum Gasteiger partial charge on any atom is 0.293 e. The van der Waals surface area contributed by atoms with E-state index >= 15 is 0 Å². The van der Waals surface area contributed by atoms with E-state index < -0.39 is 4.92 Å². The largest absolute Gasteiger partial charge is 0.372 e. The Morgan fingerprint density at radius 1 is 1.14 bits per heavy atom. The van der Waals surface area contributed by atoms with Crippen molar-refractivity contribution in [3.63, 3.8) is 0 Å². The Labute approximate surface area is 171 Å². The van der Waals surface area contributed by atoms with Crippen LogP contribution in [0.2, 0.25) is 10.0 Å². The summed E-state index contributed by atoms with van der Waals surface area (Å²) >= 11 is 12.0. The Hall–Kier alpha value is -2.90. The lowest BCUT2D eigenvalue weighted by Crippen LogP contribution is -2.21. The summed E-state index contributed by atoms with van der Waals surface area (Å²) in [5.74, 6) is -0.352. The molecule has 0 atom stereocenters. The number of anilines is 2. The molecule has 1 aliphatic heterocycles. The van der Waals surface area contributed by atoms with Gasteiger partial charge in [-0.1, -0.05) is 29.3 Å². The van der Waals surface area contributed by atoms with E-state index in [4.69, 9.17) is 23.2 Å². The van der Waals surface area contributed by atoms with Crippen LogP contribution in [0, 0.1) is 10.1 Å². The molecule has 0 saturated heterocycles. The first-order valence-corrected chi connectivity index (χ1v) is 8.97. The number of carbonyl (C=O) groups is 1. The van der Waals surface area contributed by atoms with E-state index in [1.165, 1.54) is 11.1 Å². The van der Waals surface area contributed by atoms with Gasteiger partial charge < -0.3 is 4.90 Å². The minimum absolute atomic E-state index is 0.0410. The quantitative estimate of drug-likeness (QED) is 0.406. The zero-order valence-corrected chi connectivity index (χ0v) is 16.8. The molecule has 9 heteroatoms. The number of rotatable bonds is 4. The Balaban J connectivity index is 1.98. The third kappa shape index (κ3) is 3.72. The van der Waals surface area contributed by atoms with Gasteiger partial charge in [0.2, 0.25) is 0 Å². The number of amides is 1. The third-order valence-electron chi connectivity index (χ3n) is 4.20. The van der Waals surface area contributed by atoms with Crippen LogP contribution in [0.3, 0.4) is 0 Å². The van der Waals surface area contributed by atoms with Gasteiger partial charge in [0.05, 0.1) is 31.9 Å². The SMILES string of the molecule is CC1=NN(c2ccc(Cl)c(Cl)c2)C(=O)C1=Cc1ccc(N(C)C)c([N+](=O)[O-])c1. The van der Waals surface area contributed by atoms with Crippen LogP contribution in [0.5, 0.6) is 0 Å². The number of halogens is 2. The van der Waals surface area contributed by atoms with Crippen LogP contribution in [0.4, 0.5) is 17.1 Å². The van der Waals surface area contributed by atoms with Crippen molar-refractivity contribution in [2.24, 2.45) is 5.10 Å². The second-order valence-electron chi connectivity index (χ2n) is 6.36. The highest BCUT2D eigenvalue weighted by molar-refractivity contribution is 6.42. The Morgan fingerprint density at radius 3 is 2.46 bits per heavy atom. The van der Waals surface area contributed by atoms with Crippen LogP contribution in [0.15, 0.2) is 47.1 Å². The van der Waals surface area contributed by atoms with Crippen molar-refractivity contribution in [2.75, 3.05) is 24.0 Å². The fourth-order valence-electron chi connectivity index (χ4n) is 2.80. The van der Waals surface area contributed by atoms with Gasteiger partial charge in [-0.05, 0) is 42.8 Å². The third-order valence-corrected chi connectivity index (χ3v) is 4.94. The fraction of sp³-hybridized carbons (Fsp3) is 0.158. The zero-order valence-electron chi connectivity index (χ0n) is 15.3. The van der Waals surface area contributed by atoms with E-state index in [-0.39, 0.29) is 11.6 Å². The molecular weight excluding hydrogens is 403 g/mol. The fourth-order valence-corrected chi connectivity index (χ4v) is 3.09. The number of hydrogen-bond acceptors (Lipinski definition) is 5. The molecule has 1 aliphatic rings. The topological polar surface area (TPSA) is 79.0 Å². The van der Waals surface area contributed by atoms with Gasteiger partial charge in [-0.2, -0.15) is 10.1 Å². The molecule has 0 unspecified atom stereocenters. The summed E-state index contributed by atoms with van der Waals surface area (Å²) in [5.41, 5.74) is 2.30. The van der Waals surface area contributed by atoms with Crippen molar-refractivity contribution in [2.45, 2.75) is 6.92 Å². The van der Waals surface area contributed by atoms with E-state index in [1.54, 1.807) is 62.3 Å². The molecule has 0 N–H and O–H groups in total. The molecule has 0 spiro atoms. The van der Waals surface area contributed by atoms with Gasteiger partial charge in [0, 0.05) is 20.2 Å². The summed E-state index contributed by atoms with van der Waals surface area (Å²) in [4.78, 5) is 25.4. The Kier molecular flexibility index (Phi) is 5.40. The predicted molar refractivity (Wildman–Crippen MR) is 112 cm³/mol. The minimum atomic E-state index is -0.448. The van der Waals surface area contributed by atoms with Gasteiger partial charge in [-0.3, -0.25) is 14.9 Å². The Morgan fingerprint density at radius 2 is 1.86 bits per heavy atom. The number of nitro benzene ring substituents is 1. The summed E-state index contributed by atoms with van der Waals surface area (Å²) in [7, 11) is 3.46. The first kappa shape index (κ1) is 19.9. The molecule has 1 amide bonds. The molecule has 0 aromatic heterocycles. The second kappa shape index (κ2) is 7.61. The van der Waals surface area contributed by atoms with Gasteiger partial charge in [0.1, 0.15) is 5.69 Å². The first-order valence-electron chi connectivity index (χ1n) is 8.21. The maximum atomic E-state index is 12.8. The molecule has 1 heterocycles. The van der Waals surface area contributed by atoms with Crippen molar-refractivity contribution in [1.82, 2.24) is 0 Å². The number of benzene rings is 2. The number of hydrogen-bond donors (Lipinski definition) is 0. The summed E-state index contributed by atoms with van der Waals surface area (Å²) in [6, 6.07) is 9.58. The Bertz CT molecular complexity index is 1050. The lowest BCUT2D eigenvalue weighted by Gasteiger charge is -2.13. The van der Waals surface area contributed by atoms with Crippen molar-refractivity contribution in [1.29, 1.82) is 0 Å². The zero-order chi connectivity index (χ0) is 20.6. The molecule has 3 rings (SSSR count). The van der Waals surface area contributed by atoms with E-state index in [1.807, 2.05) is 0 Å². The second-order valence-corrected chi connectivity index (χ2v) is 7.17. The highest BCUT2D eigenvalue weighted by Crippen LogP contribution is 2.32. The summed E-state index contributed by atoms with van der Waals surface area (Å²) in [5, 5.41) is 17.6. The van der Waals surface area contributed by atoms with E-state index in [2.05, 4.69) is 5.10 Å². The number of hydrazone groups is 1. The van der Waals surface area contributed by atoms with Crippen LogP contribution < -0.4 is 9.91 Å². The van der Waals surface area contributed by atoms with Crippen LogP contribution in [-0.2, 0) is 4.79 Å². The highest BCUT2D eigenvalue weighted by Gasteiger charge is 2.29. The lowest BCUT2D eigenvalue weighted by atomic mass is 10.1. The maximum absolute atomic E-state index is 12.8. The van der Waals surface area contributed by atoms with E-state index in [0.717, 1.165) is 0 Å². The van der Waals surface area contributed by atoms with Crippen LogP contribution in [0.25, 0.3) is 6.08 Å². The van der Waals surface area contributed by atoms with Crippen LogP contribution >= 0.6 is 23.2 Å². The normalized spacial score (nSPS) is 15.2. The minimum Gasteiger partial charge on any atom is -0.372 e. The van der Waals surface area contributed by atoms with E-state index in [0.29, 0.717) is 38.3 Å². The van der Waals surface area contributed by atoms with Crippen LogP contribution in [0.1, 0.15) is 12.5 Å². The van der Waals surface area contributed by atoms with Crippen molar-refractivity contribution >= 4 is 58.0 Å². The smallest absolute Gasteiger partial charge is 0.293 e. The highest BCUT2D eigenvalue weighted by atomic mass is 35.5. The van der Waals surface area contributed by atoms with Gasteiger partial charge in [0.15, 0.2) is 0 Å². The van der Waals surface area contributed by atoms with Crippen molar-refractivity contribution in [3.05, 3.63) is 67.7 Å². The first-order chi connectivity index (χ1) is 13.2. The van der Waals surface area contributed by atoms with Crippen molar-refractivity contribution in [3.8, 4) is 0 Å². The molecule has 144 valence electrons. The van der Waals surface area contributed by atoms with Crippen molar-refractivity contribution < 1.29 is 9.72 Å². The molecule has 0 aliphatic carbocycles. The summed E-state index contributed by atoms with van der Waals surface area (Å²) < 4.78 is 0. The standard InChI is InChI=1S/C19H16Cl2N4O3/c1-11-14(8-12-4-7-17(23(2)3)18(9-12)25(27)28)19(26)24(22-11)13-5-6-15(20)16(21)10-13/h4-10H,1-3H3. The van der Waals surface area contributed by atoms with Gasteiger partial charge >= 0.3 is 0 Å². The average molecular weight is 419 g/mol.